The first-order valence-corrected chi connectivity index (χ1v) is 5.16. The number of hydrogen-bond acceptors (Lipinski definition) is 6. The van der Waals surface area contributed by atoms with E-state index in [1.54, 1.807) is 7.11 Å². The number of hydrazine groups is 1. The van der Waals surface area contributed by atoms with Crippen molar-refractivity contribution in [1.29, 1.82) is 0 Å². The lowest BCUT2D eigenvalue weighted by Crippen LogP contribution is -2.33. The van der Waals surface area contributed by atoms with Crippen molar-refractivity contribution in [2.24, 2.45) is 5.84 Å². The van der Waals surface area contributed by atoms with Crippen molar-refractivity contribution in [2.45, 2.75) is 25.3 Å². The number of nitrogens with zero attached hydrogens (tertiary/aromatic N) is 1. The second-order valence-corrected chi connectivity index (χ2v) is 3.60. The molecule has 0 aromatic carbocycles. The molecule has 1 aliphatic carbocycles. The zero-order valence-corrected chi connectivity index (χ0v) is 9.07. The molecule has 1 saturated carbocycles. The first kappa shape index (κ1) is 12.4. The van der Waals surface area contributed by atoms with Crippen molar-refractivity contribution < 1.29 is 14.4 Å². The lowest BCUT2D eigenvalue weighted by molar-refractivity contribution is -0.151. The largest absolute Gasteiger partial charge is 0.383 e. The summed E-state index contributed by atoms with van der Waals surface area (Å²) in [4.78, 5) is 17.7. The zero-order valence-electron chi connectivity index (χ0n) is 9.07. The van der Waals surface area contributed by atoms with Gasteiger partial charge in [0.2, 0.25) is 0 Å². The highest BCUT2D eigenvalue weighted by Crippen LogP contribution is 2.26. The summed E-state index contributed by atoms with van der Waals surface area (Å²) in [6, 6.07) is 0.624. The molecule has 0 unspecified atom stereocenters. The summed E-state index contributed by atoms with van der Waals surface area (Å²) in [5.74, 6) is 4.53. The molecule has 0 aliphatic heterocycles. The van der Waals surface area contributed by atoms with Gasteiger partial charge in [-0.1, -0.05) is 5.59 Å². The number of nitrogens with one attached hydrogen (secondary N) is 1. The highest BCUT2D eigenvalue weighted by Gasteiger charge is 2.28. The molecule has 0 heterocycles. The van der Waals surface area contributed by atoms with Gasteiger partial charge in [0.1, 0.15) is 0 Å². The van der Waals surface area contributed by atoms with Crippen LogP contribution in [0.15, 0.2) is 0 Å². The van der Waals surface area contributed by atoms with Crippen LogP contribution in [0.3, 0.4) is 0 Å². The van der Waals surface area contributed by atoms with E-state index in [4.69, 9.17) is 10.6 Å². The van der Waals surface area contributed by atoms with Crippen LogP contribution >= 0.6 is 0 Å². The molecule has 1 aliphatic rings. The van der Waals surface area contributed by atoms with Crippen LogP contribution in [0.5, 0.6) is 0 Å². The van der Waals surface area contributed by atoms with E-state index < -0.39 is 0 Å². The van der Waals surface area contributed by atoms with Gasteiger partial charge in [-0.3, -0.25) is 9.69 Å². The number of ether oxygens (including phenoxy) is 1. The van der Waals surface area contributed by atoms with Crippen molar-refractivity contribution in [3.05, 3.63) is 0 Å². The van der Waals surface area contributed by atoms with Crippen LogP contribution in [0.25, 0.3) is 0 Å². The molecule has 6 nitrogen and oxygen atoms in total. The molecule has 88 valence electrons. The zero-order chi connectivity index (χ0) is 11.1. The molecule has 0 aromatic rings. The summed E-state index contributed by atoms with van der Waals surface area (Å²) in [6.07, 6.45) is 2.78. The average Bonchev–Trinajstić information content (AvgIpc) is 3.02. The van der Waals surface area contributed by atoms with Gasteiger partial charge in [0, 0.05) is 26.2 Å². The number of methoxy groups -OCH3 is 1. The van der Waals surface area contributed by atoms with E-state index in [1.165, 1.54) is 12.8 Å². The fourth-order valence-corrected chi connectivity index (χ4v) is 1.48. The Balaban J connectivity index is 2.16. The Kier molecular flexibility index (Phi) is 5.56. The third-order valence-electron chi connectivity index (χ3n) is 2.42. The molecule has 6 heteroatoms. The molecule has 0 radical (unpaired) electrons. The maximum atomic E-state index is 11.0. The van der Waals surface area contributed by atoms with Crippen LogP contribution < -0.4 is 11.4 Å². The molecule has 1 rings (SSSR count). The summed E-state index contributed by atoms with van der Waals surface area (Å²) in [7, 11) is 1.68. The van der Waals surface area contributed by atoms with Gasteiger partial charge in [-0.2, -0.15) is 0 Å². The van der Waals surface area contributed by atoms with Crippen molar-refractivity contribution in [1.82, 2.24) is 10.5 Å². The Morgan fingerprint density at radius 2 is 2.27 bits per heavy atom. The minimum Gasteiger partial charge on any atom is -0.383 e. The lowest BCUT2D eigenvalue weighted by Gasteiger charge is -2.20. The first-order chi connectivity index (χ1) is 7.27. The Bertz CT molecular complexity index is 197. The molecule has 0 aromatic heterocycles. The standard InChI is InChI=1S/C9H19N3O3/c1-14-7-6-12(8-2-3-8)5-4-9(13)15-11-10/h8,11H,2-7,10H2,1H3. The molecule has 0 saturated heterocycles. The molecular formula is C9H19N3O3. The van der Waals surface area contributed by atoms with E-state index >= 15 is 0 Å². The van der Waals surface area contributed by atoms with Gasteiger partial charge < -0.3 is 9.57 Å². The van der Waals surface area contributed by atoms with E-state index in [0.29, 0.717) is 25.6 Å². The monoisotopic (exact) mass is 217 g/mol. The van der Waals surface area contributed by atoms with Crippen LogP contribution in [0, 0.1) is 0 Å². The summed E-state index contributed by atoms with van der Waals surface area (Å²) in [5, 5.41) is 0. The Morgan fingerprint density at radius 3 is 2.80 bits per heavy atom. The van der Waals surface area contributed by atoms with E-state index in [0.717, 1.165) is 6.54 Å². The predicted molar refractivity (Wildman–Crippen MR) is 54.5 cm³/mol. The minimum absolute atomic E-state index is 0.333. The Morgan fingerprint density at radius 1 is 1.53 bits per heavy atom. The number of carbonyl (C=O) groups is 1. The third kappa shape index (κ3) is 5.08. The Hall–Kier alpha value is -0.690. The molecule has 3 N–H and O–H groups in total. The van der Waals surface area contributed by atoms with E-state index in [-0.39, 0.29) is 5.97 Å². The van der Waals surface area contributed by atoms with Gasteiger partial charge in [-0.25, -0.2) is 5.84 Å². The molecule has 0 bridgehead atoms. The minimum atomic E-state index is -0.333. The number of hydrogen-bond donors (Lipinski definition) is 2. The van der Waals surface area contributed by atoms with Crippen molar-refractivity contribution in [3.63, 3.8) is 0 Å². The number of carbonyl (C=O) groups excluding carboxylic acids is 1. The summed E-state index contributed by atoms with van der Waals surface area (Å²) >= 11 is 0. The fourth-order valence-electron chi connectivity index (χ4n) is 1.48. The maximum Gasteiger partial charge on any atom is 0.327 e. The number of nitrogens with two attached hydrogens (primary N) is 1. The first-order valence-electron chi connectivity index (χ1n) is 5.16. The van der Waals surface area contributed by atoms with Gasteiger partial charge in [-0.05, 0) is 12.8 Å². The molecular weight excluding hydrogens is 198 g/mol. The lowest BCUT2D eigenvalue weighted by atomic mass is 10.3. The van der Waals surface area contributed by atoms with Crippen LogP contribution in [0.1, 0.15) is 19.3 Å². The third-order valence-corrected chi connectivity index (χ3v) is 2.42. The second-order valence-electron chi connectivity index (χ2n) is 3.60. The average molecular weight is 217 g/mol. The molecule has 0 spiro atoms. The summed E-state index contributed by atoms with van der Waals surface area (Å²) in [5.41, 5.74) is 1.89. The Labute approximate surface area is 89.6 Å². The predicted octanol–water partition coefficient (Wildman–Crippen LogP) is -0.591. The van der Waals surface area contributed by atoms with Crippen LogP contribution in [-0.2, 0) is 14.4 Å². The van der Waals surface area contributed by atoms with Crippen LogP contribution in [-0.4, -0.2) is 43.7 Å². The van der Waals surface area contributed by atoms with Crippen LogP contribution in [0.2, 0.25) is 0 Å². The maximum absolute atomic E-state index is 11.0. The highest BCUT2D eigenvalue weighted by atomic mass is 16.7. The van der Waals surface area contributed by atoms with Crippen molar-refractivity contribution >= 4 is 5.97 Å². The van der Waals surface area contributed by atoms with Crippen molar-refractivity contribution in [3.8, 4) is 0 Å². The molecule has 15 heavy (non-hydrogen) atoms. The topological polar surface area (TPSA) is 76.8 Å². The van der Waals surface area contributed by atoms with Gasteiger partial charge in [0.25, 0.3) is 0 Å². The van der Waals surface area contributed by atoms with E-state index in [1.807, 2.05) is 5.59 Å². The smallest absolute Gasteiger partial charge is 0.327 e. The number of rotatable bonds is 8. The van der Waals surface area contributed by atoms with E-state index in [2.05, 4.69) is 9.74 Å². The van der Waals surface area contributed by atoms with Gasteiger partial charge in [0.05, 0.1) is 13.0 Å². The SMILES string of the molecule is COCCN(CCC(=O)ONN)C1CC1. The normalized spacial score (nSPS) is 15.7. The van der Waals surface area contributed by atoms with Crippen molar-refractivity contribution in [2.75, 3.05) is 26.8 Å². The van der Waals surface area contributed by atoms with Crippen LogP contribution in [0.4, 0.5) is 0 Å². The molecule has 0 amide bonds. The second kappa shape index (κ2) is 6.73. The van der Waals surface area contributed by atoms with E-state index in [9.17, 15) is 4.79 Å². The highest BCUT2D eigenvalue weighted by molar-refractivity contribution is 5.69. The molecule has 1 fully saturated rings. The molecule has 0 atom stereocenters. The van der Waals surface area contributed by atoms with Gasteiger partial charge >= 0.3 is 5.97 Å². The quantitative estimate of drug-likeness (QED) is 0.418. The summed E-state index contributed by atoms with van der Waals surface area (Å²) in [6.45, 7) is 2.26. The summed E-state index contributed by atoms with van der Waals surface area (Å²) < 4.78 is 5.01. The van der Waals surface area contributed by atoms with Gasteiger partial charge in [0.15, 0.2) is 0 Å². The fraction of sp³-hybridized carbons (Fsp3) is 0.889. The van der Waals surface area contributed by atoms with Gasteiger partial charge in [-0.15, -0.1) is 0 Å².